The molecule has 0 bridgehead atoms. The third-order valence-corrected chi connectivity index (χ3v) is 4.03. The molecule has 2 amide bonds. The van der Waals surface area contributed by atoms with E-state index in [9.17, 15) is 19.2 Å². The Morgan fingerprint density at radius 1 is 1.14 bits per heavy atom. The first-order valence-corrected chi connectivity index (χ1v) is 9.13. The number of hydrogen-bond donors (Lipinski definition) is 2. The van der Waals surface area contributed by atoms with E-state index in [0.29, 0.717) is 16.7 Å². The lowest BCUT2D eigenvalue weighted by molar-refractivity contribution is 0.0515. The number of benzene rings is 2. The zero-order chi connectivity index (χ0) is 21.6. The van der Waals surface area contributed by atoms with Crippen LogP contribution < -0.4 is 10.6 Å². The van der Waals surface area contributed by atoms with Crippen molar-refractivity contribution in [1.82, 2.24) is 10.6 Å². The SMILES string of the molecule is CNC(=O)c1ccc(-c2ccc(C[C@@H](C#N)NC(=O)OC(C)(C)C)c(F)c2)cc1. The number of amides is 2. The van der Waals surface area contributed by atoms with Crippen LogP contribution in [0.1, 0.15) is 36.7 Å². The summed E-state index contributed by atoms with van der Waals surface area (Å²) in [5, 5.41) is 14.3. The predicted octanol–water partition coefficient (Wildman–Crippen LogP) is 3.81. The highest BCUT2D eigenvalue weighted by molar-refractivity contribution is 5.94. The van der Waals surface area contributed by atoms with Crippen LogP contribution in [-0.2, 0) is 11.2 Å². The minimum absolute atomic E-state index is 0.0114. The quantitative estimate of drug-likeness (QED) is 0.803. The summed E-state index contributed by atoms with van der Waals surface area (Å²) in [6.45, 7) is 5.15. The summed E-state index contributed by atoms with van der Waals surface area (Å²) in [5.41, 5.74) is 1.52. The van der Waals surface area contributed by atoms with Gasteiger partial charge in [-0.2, -0.15) is 5.26 Å². The number of nitrogens with one attached hydrogen (secondary N) is 2. The molecule has 29 heavy (non-hydrogen) atoms. The molecule has 0 unspecified atom stereocenters. The number of carbonyl (C=O) groups excluding carboxylic acids is 2. The summed E-state index contributed by atoms with van der Waals surface area (Å²) in [4.78, 5) is 23.4. The highest BCUT2D eigenvalue weighted by atomic mass is 19.1. The molecule has 2 N–H and O–H groups in total. The number of ether oxygens (including phenoxy) is 1. The van der Waals surface area contributed by atoms with Gasteiger partial charge in [0.1, 0.15) is 17.5 Å². The van der Waals surface area contributed by atoms with E-state index in [1.807, 2.05) is 6.07 Å². The molecule has 0 spiro atoms. The van der Waals surface area contributed by atoms with E-state index in [1.54, 1.807) is 64.2 Å². The smallest absolute Gasteiger partial charge is 0.408 e. The molecule has 152 valence electrons. The van der Waals surface area contributed by atoms with Gasteiger partial charge in [-0.25, -0.2) is 9.18 Å². The molecule has 0 aliphatic rings. The minimum Gasteiger partial charge on any atom is -0.444 e. The van der Waals surface area contributed by atoms with Crippen molar-refractivity contribution in [2.75, 3.05) is 7.05 Å². The summed E-state index contributed by atoms with van der Waals surface area (Å²) < 4.78 is 19.7. The molecule has 6 nitrogen and oxygen atoms in total. The second-order valence-electron chi connectivity index (χ2n) is 7.49. The molecule has 0 fully saturated rings. The summed E-state index contributed by atoms with van der Waals surface area (Å²) in [5.74, 6) is -0.678. The van der Waals surface area contributed by atoms with Gasteiger partial charge in [-0.05, 0) is 55.7 Å². The molecule has 2 rings (SSSR count). The highest BCUT2D eigenvalue weighted by Crippen LogP contribution is 2.23. The Morgan fingerprint density at radius 2 is 1.76 bits per heavy atom. The van der Waals surface area contributed by atoms with Gasteiger partial charge >= 0.3 is 6.09 Å². The van der Waals surface area contributed by atoms with Crippen molar-refractivity contribution in [3.05, 3.63) is 59.4 Å². The second kappa shape index (κ2) is 9.20. The summed E-state index contributed by atoms with van der Waals surface area (Å²) in [6, 6.07) is 12.5. The Bertz CT molecular complexity index is 928. The second-order valence-corrected chi connectivity index (χ2v) is 7.49. The van der Waals surface area contributed by atoms with Crippen molar-refractivity contribution in [1.29, 1.82) is 5.26 Å². The molecular weight excluding hydrogens is 373 g/mol. The number of rotatable bonds is 5. The third-order valence-electron chi connectivity index (χ3n) is 4.03. The summed E-state index contributed by atoms with van der Waals surface area (Å²) in [6.07, 6.45) is -0.713. The standard InChI is InChI=1S/C22H24FN3O3/c1-22(2,3)29-21(28)26-18(13-24)11-17-10-9-16(12-19(17)23)14-5-7-15(8-6-14)20(27)25-4/h5-10,12,18H,11H2,1-4H3,(H,25,27)(H,26,28)/t18-/m0/s1. The molecular formula is C22H24FN3O3. The zero-order valence-corrected chi connectivity index (χ0v) is 16.9. The van der Waals surface area contributed by atoms with E-state index in [0.717, 1.165) is 5.56 Å². The first-order chi connectivity index (χ1) is 13.6. The van der Waals surface area contributed by atoms with E-state index in [-0.39, 0.29) is 12.3 Å². The highest BCUT2D eigenvalue weighted by Gasteiger charge is 2.20. The maximum Gasteiger partial charge on any atom is 0.408 e. The molecule has 0 radical (unpaired) electrons. The van der Waals surface area contributed by atoms with Crippen LogP contribution in [0.5, 0.6) is 0 Å². The molecule has 0 saturated heterocycles. The zero-order valence-electron chi connectivity index (χ0n) is 16.9. The van der Waals surface area contributed by atoms with Crippen molar-refractivity contribution < 1.29 is 18.7 Å². The number of alkyl carbamates (subject to hydrolysis) is 1. The van der Waals surface area contributed by atoms with Gasteiger partial charge in [0, 0.05) is 19.0 Å². The van der Waals surface area contributed by atoms with Crippen LogP contribution in [0.15, 0.2) is 42.5 Å². The number of nitriles is 1. The van der Waals surface area contributed by atoms with Crippen molar-refractivity contribution >= 4 is 12.0 Å². The van der Waals surface area contributed by atoms with Gasteiger partial charge in [-0.15, -0.1) is 0 Å². The van der Waals surface area contributed by atoms with Crippen LogP contribution in [0.2, 0.25) is 0 Å². The molecule has 2 aromatic carbocycles. The lowest BCUT2D eigenvalue weighted by Crippen LogP contribution is -2.39. The monoisotopic (exact) mass is 397 g/mol. The van der Waals surface area contributed by atoms with Crippen LogP contribution in [0, 0.1) is 17.1 Å². The van der Waals surface area contributed by atoms with Gasteiger partial charge in [-0.3, -0.25) is 4.79 Å². The third kappa shape index (κ3) is 6.32. The van der Waals surface area contributed by atoms with E-state index in [2.05, 4.69) is 10.6 Å². The van der Waals surface area contributed by atoms with Crippen LogP contribution in [0.3, 0.4) is 0 Å². The summed E-state index contributed by atoms with van der Waals surface area (Å²) in [7, 11) is 1.55. The maximum atomic E-state index is 14.6. The van der Waals surface area contributed by atoms with Gasteiger partial charge in [-0.1, -0.05) is 24.3 Å². The fraction of sp³-hybridized carbons (Fsp3) is 0.318. The van der Waals surface area contributed by atoms with Crippen LogP contribution in [0.25, 0.3) is 11.1 Å². The van der Waals surface area contributed by atoms with Crippen LogP contribution >= 0.6 is 0 Å². The van der Waals surface area contributed by atoms with E-state index >= 15 is 0 Å². The molecule has 1 atom stereocenters. The van der Waals surface area contributed by atoms with Crippen molar-refractivity contribution in [2.24, 2.45) is 0 Å². The number of carbonyl (C=O) groups is 2. The van der Waals surface area contributed by atoms with Gasteiger partial charge in [0.2, 0.25) is 0 Å². The van der Waals surface area contributed by atoms with Crippen molar-refractivity contribution in [3.8, 4) is 17.2 Å². The average molecular weight is 397 g/mol. The topological polar surface area (TPSA) is 91.2 Å². The number of nitrogens with zero attached hydrogens (tertiary/aromatic N) is 1. The molecule has 0 aliphatic carbocycles. The molecule has 0 heterocycles. The maximum absolute atomic E-state index is 14.6. The fourth-order valence-corrected chi connectivity index (χ4v) is 2.65. The average Bonchev–Trinajstić information content (AvgIpc) is 2.66. The first-order valence-electron chi connectivity index (χ1n) is 9.13. The molecule has 7 heteroatoms. The lowest BCUT2D eigenvalue weighted by atomic mass is 9.99. The van der Waals surface area contributed by atoms with Gasteiger partial charge < -0.3 is 15.4 Å². The van der Waals surface area contributed by atoms with Gasteiger partial charge in [0.15, 0.2) is 0 Å². The molecule has 0 aliphatic heterocycles. The molecule has 2 aromatic rings. The van der Waals surface area contributed by atoms with E-state index in [4.69, 9.17) is 4.74 Å². The van der Waals surface area contributed by atoms with Crippen LogP contribution in [0.4, 0.5) is 9.18 Å². The Hall–Kier alpha value is -3.40. The summed E-state index contributed by atoms with van der Waals surface area (Å²) >= 11 is 0. The van der Waals surface area contributed by atoms with Crippen molar-refractivity contribution in [3.63, 3.8) is 0 Å². The Balaban J connectivity index is 2.11. The van der Waals surface area contributed by atoms with Gasteiger partial charge in [0.25, 0.3) is 5.91 Å². The normalized spacial score (nSPS) is 11.9. The number of hydrogen-bond acceptors (Lipinski definition) is 4. The lowest BCUT2D eigenvalue weighted by Gasteiger charge is -2.21. The Kier molecular flexibility index (Phi) is 6.94. The van der Waals surface area contributed by atoms with Gasteiger partial charge in [0.05, 0.1) is 6.07 Å². The minimum atomic E-state index is -0.919. The van der Waals surface area contributed by atoms with E-state index in [1.165, 1.54) is 6.07 Å². The van der Waals surface area contributed by atoms with Crippen molar-refractivity contribution in [2.45, 2.75) is 38.8 Å². The number of halogens is 1. The Labute approximate surface area is 169 Å². The molecule has 0 saturated carbocycles. The molecule has 0 aromatic heterocycles. The first kappa shape index (κ1) is 21.9. The Morgan fingerprint density at radius 3 is 2.28 bits per heavy atom. The predicted molar refractivity (Wildman–Crippen MR) is 108 cm³/mol. The van der Waals surface area contributed by atoms with Crippen LogP contribution in [-0.4, -0.2) is 30.7 Å². The fourth-order valence-electron chi connectivity index (χ4n) is 2.65. The van der Waals surface area contributed by atoms with E-state index < -0.39 is 23.6 Å². The largest absolute Gasteiger partial charge is 0.444 e.